The standard InChI is InChI=1S/C21H23FN4O3/c1-2-3-18-11-20(25-29-18)21(27)26-9-8-14(12-26)19-10-16(23-24-19)13-28-17-6-4-15(22)5-7-17/h4-7,10-11,14H,2-3,8-9,12-13H2,1H3,(H,23,24)/t14-/m0/s1. The monoisotopic (exact) mass is 398 g/mol. The minimum absolute atomic E-state index is 0.103. The van der Waals surface area contributed by atoms with Crippen LogP contribution in [0.25, 0.3) is 0 Å². The third kappa shape index (κ3) is 4.47. The fourth-order valence-corrected chi connectivity index (χ4v) is 3.48. The Balaban J connectivity index is 1.33. The van der Waals surface area contributed by atoms with E-state index >= 15 is 0 Å². The molecule has 3 heterocycles. The van der Waals surface area contributed by atoms with E-state index in [-0.39, 0.29) is 17.6 Å². The number of likely N-dealkylation sites (tertiary alicyclic amines) is 1. The quantitative estimate of drug-likeness (QED) is 0.656. The molecule has 1 aliphatic rings. The average molecular weight is 398 g/mol. The average Bonchev–Trinajstić information content (AvgIpc) is 3.47. The largest absolute Gasteiger partial charge is 0.487 e. The van der Waals surface area contributed by atoms with Crippen molar-refractivity contribution in [3.8, 4) is 5.75 Å². The number of amides is 1. The molecule has 29 heavy (non-hydrogen) atoms. The Kier molecular flexibility index (Phi) is 5.59. The lowest BCUT2D eigenvalue weighted by molar-refractivity contribution is 0.0780. The van der Waals surface area contributed by atoms with Crippen LogP contribution in [-0.4, -0.2) is 39.3 Å². The van der Waals surface area contributed by atoms with Crippen molar-refractivity contribution >= 4 is 5.91 Å². The van der Waals surface area contributed by atoms with E-state index in [4.69, 9.17) is 9.26 Å². The summed E-state index contributed by atoms with van der Waals surface area (Å²) in [5.41, 5.74) is 2.10. The third-order valence-electron chi connectivity index (χ3n) is 5.03. The van der Waals surface area contributed by atoms with Crippen molar-refractivity contribution < 1.29 is 18.4 Å². The van der Waals surface area contributed by atoms with Gasteiger partial charge in [-0.15, -0.1) is 0 Å². The van der Waals surface area contributed by atoms with Crippen LogP contribution in [-0.2, 0) is 13.0 Å². The van der Waals surface area contributed by atoms with E-state index in [1.54, 1.807) is 23.1 Å². The number of aromatic amines is 1. The molecule has 1 atom stereocenters. The number of carbonyl (C=O) groups is 1. The van der Waals surface area contributed by atoms with E-state index in [2.05, 4.69) is 22.3 Å². The summed E-state index contributed by atoms with van der Waals surface area (Å²) in [7, 11) is 0. The van der Waals surface area contributed by atoms with Crippen LogP contribution in [0, 0.1) is 5.82 Å². The summed E-state index contributed by atoms with van der Waals surface area (Å²) in [5, 5.41) is 11.3. The molecule has 1 fully saturated rings. The Labute approximate surface area is 167 Å². The van der Waals surface area contributed by atoms with Crippen molar-refractivity contribution in [1.82, 2.24) is 20.3 Å². The lowest BCUT2D eigenvalue weighted by Crippen LogP contribution is -2.28. The highest BCUT2D eigenvalue weighted by atomic mass is 19.1. The number of hydrogen-bond acceptors (Lipinski definition) is 5. The van der Waals surface area contributed by atoms with Crippen molar-refractivity contribution in [3.05, 3.63) is 65.1 Å². The number of nitrogens with zero attached hydrogens (tertiary/aromatic N) is 3. The van der Waals surface area contributed by atoms with Gasteiger partial charge in [-0.3, -0.25) is 9.89 Å². The van der Waals surface area contributed by atoms with Gasteiger partial charge >= 0.3 is 0 Å². The molecule has 0 unspecified atom stereocenters. The van der Waals surface area contributed by atoms with E-state index in [0.717, 1.165) is 36.4 Å². The number of benzene rings is 1. The zero-order valence-corrected chi connectivity index (χ0v) is 16.2. The van der Waals surface area contributed by atoms with Crippen molar-refractivity contribution in [2.75, 3.05) is 13.1 Å². The Bertz CT molecular complexity index is 966. The number of nitrogens with one attached hydrogen (secondary N) is 1. The maximum atomic E-state index is 12.9. The normalized spacial score (nSPS) is 16.3. The molecule has 152 valence electrons. The van der Waals surface area contributed by atoms with Gasteiger partial charge in [-0.25, -0.2) is 4.39 Å². The van der Waals surface area contributed by atoms with Gasteiger partial charge in [0.25, 0.3) is 5.91 Å². The Morgan fingerprint density at radius 2 is 2.17 bits per heavy atom. The first-order chi connectivity index (χ1) is 14.1. The Hall–Kier alpha value is -3.16. The summed E-state index contributed by atoms with van der Waals surface area (Å²) in [5.74, 6) is 1.10. The molecule has 3 aromatic rings. The molecule has 0 spiro atoms. The van der Waals surface area contributed by atoms with E-state index in [1.807, 2.05) is 6.07 Å². The van der Waals surface area contributed by atoms with Gasteiger partial charge in [0.05, 0.1) is 11.4 Å². The first-order valence-corrected chi connectivity index (χ1v) is 9.79. The zero-order chi connectivity index (χ0) is 20.2. The summed E-state index contributed by atoms with van der Waals surface area (Å²) in [6.45, 7) is 3.62. The van der Waals surface area contributed by atoms with Crippen LogP contribution in [0.4, 0.5) is 4.39 Å². The van der Waals surface area contributed by atoms with Crippen LogP contribution in [0.3, 0.4) is 0 Å². The van der Waals surface area contributed by atoms with Crippen LogP contribution >= 0.6 is 0 Å². The molecule has 1 N–H and O–H groups in total. The van der Waals surface area contributed by atoms with Gasteiger partial charge in [-0.1, -0.05) is 12.1 Å². The first kappa shape index (κ1) is 19.2. The maximum Gasteiger partial charge on any atom is 0.276 e. The summed E-state index contributed by atoms with van der Waals surface area (Å²) in [4.78, 5) is 14.5. The highest BCUT2D eigenvalue weighted by Gasteiger charge is 2.30. The predicted molar refractivity (Wildman–Crippen MR) is 103 cm³/mol. The number of hydrogen-bond donors (Lipinski definition) is 1. The van der Waals surface area contributed by atoms with Gasteiger partial charge in [0.1, 0.15) is 23.9 Å². The number of aromatic nitrogens is 3. The minimum atomic E-state index is -0.297. The van der Waals surface area contributed by atoms with E-state index in [0.29, 0.717) is 31.1 Å². The molecule has 1 amide bonds. The van der Waals surface area contributed by atoms with Crippen molar-refractivity contribution in [1.29, 1.82) is 0 Å². The topological polar surface area (TPSA) is 84.2 Å². The maximum absolute atomic E-state index is 12.9. The fourth-order valence-electron chi connectivity index (χ4n) is 3.48. The van der Waals surface area contributed by atoms with Crippen LogP contribution in [0.1, 0.15) is 53.3 Å². The molecule has 1 aliphatic heterocycles. The molecule has 7 nitrogen and oxygen atoms in total. The molecule has 2 aromatic heterocycles. The summed E-state index contributed by atoms with van der Waals surface area (Å²) >= 11 is 0. The van der Waals surface area contributed by atoms with E-state index in [1.165, 1.54) is 12.1 Å². The molecule has 4 rings (SSSR count). The van der Waals surface area contributed by atoms with Gasteiger partial charge in [-0.2, -0.15) is 5.10 Å². The Morgan fingerprint density at radius 1 is 1.34 bits per heavy atom. The third-order valence-corrected chi connectivity index (χ3v) is 5.03. The molecular formula is C21H23FN4O3. The smallest absolute Gasteiger partial charge is 0.276 e. The Morgan fingerprint density at radius 3 is 2.97 bits per heavy atom. The minimum Gasteiger partial charge on any atom is -0.487 e. The number of rotatable bonds is 7. The molecule has 0 bridgehead atoms. The van der Waals surface area contributed by atoms with Gasteiger partial charge in [0.2, 0.25) is 0 Å². The van der Waals surface area contributed by atoms with Gasteiger partial charge in [0.15, 0.2) is 5.69 Å². The molecule has 0 saturated carbocycles. The number of halogens is 1. The second kappa shape index (κ2) is 8.46. The molecule has 8 heteroatoms. The summed E-state index contributed by atoms with van der Waals surface area (Å²) in [6, 6.07) is 9.58. The SMILES string of the molecule is CCCc1cc(C(=O)N2CC[C@H](c3cc(COc4ccc(F)cc4)[nH]n3)C2)no1. The molecule has 1 aromatic carbocycles. The summed E-state index contributed by atoms with van der Waals surface area (Å²) < 4.78 is 23.8. The van der Waals surface area contributed by atoms with Gasteiger partial charge in [0, 0.05) is 31.5 Å². The van der Waals surface area contributed by atoms with Gasteiger partial charge < -0.3 is 14.2 Å². The van der Waals surface area contributed by atoms with Crippen molar-refractivity contribution in [2.45, 2.75) is 38.7 Å². The van der Waals surface area contributed by atoms with E-state index in [9.17, 15) is 9.18 Å². The molecule has 1 saturated heterocycles. The van der Waals surface area contributed by atoms with E-state index < -0.39 is 0 Å². The number of ether oxygens (including phenoxy) is 1. The lowest BCUT2D eigenvalue weighted by Gasteiger charge is -2.13. The van der Waals surface area contributed by atoms with Crippen LogP contribution < -0.4 is 4.74 Å². The fraction of sp³-hybridized carbons (Fsp3) is 0.381. The van der Waals surface area contributed by atoms with Crippen LogP contribution in [0.5, 0.6) is 5.75 Å². The number of carbonyl (C=O) groups excluding carboxylic acids is 1. The second-order valence-electron chi connectivity index (χ2n) is 7.23. The first-order valence-electron chi connectivity index (χ1n) is 9.79. The highest BCUT2D eigenvalue weighted by Crippen LogP contribution is 2.27. The number of H-pyrrole nitrogens is 1. The second-order valence-corrected chi connectivity index (χ2v) is 7.23. The number of aryl methyl sites for hydroxylation is 1. The molecular weight excluding hydrogens is 375 g/mol. The van der Waals surface area contributed by atoms with Crippen LogP contribution in [0.2, 0.25) is 0 Å². The molecule has 0 aliphatic carbocycles. The zero-order valence-electron chi connectivity index (χ0n) is 16.2. The molecule has 0 radical (unpaired) electrons. The van der Waals surface area contributed by atoms with Crippen LogP contribution in [0.15, 0.2) is 40.9 Å². The highest BCUT2D eigenvalue weighted by molar-refractivity contribution is 5.92. The lowest BCUT2D eigenvalue weighted by atomic mass is 10.1. The van der Waals surface area contributed by atoms with Crippen molar-refractivity contribution in [2.24, 2.45) is 0 Å². The van der Waals surface area contributed by atoms with Crippen molar-refractivity contribution in [3.63, 3.8) is 0 Å². The van der Waals surface area contributed by atoms with Gasteiger partial charge in [-0.05, 0) is 43.2 Å². The predicted octanol–water partition coefficient (Wildman–Crippen LogP) is 3.70. The summed E-state index contributed by atoms with van der Waals surface area (Å²) in [6.07, 6.45) is 2.56.